The van der Waals surface area contributed by atoms with Crippen LogP contribution in [-0.2, 0) is 53.9 Å². The third-order valence-electron chi connectivity index (χ3n) is 9.07. The number of rotatable bonds is 12. The molecule has 2 aliphatic heterocycles. The molecule has 2 aromatic carbocycles. The second-order valence-electron chi connectivity index (χ2n) is 12.6. The number of nitrogens with zero attached hydrogens (tertiary/aromatic N) is 2. The molecule has 2 aromatic heterocycles. The molecule has 4 heterocycles. The van der Waals surface area contributed by atoms with Gasteiger partial charge >= 0.3 is 12.1 Å². The number of fused-ring (bicyclic) bond motifs is 5. The first-order valence-corrected chi connectivity index (χ1v) is 16.7. The molecule has 17 nitrogen and oxygen atoms in total. The zero-order chi connectivity index (χ0) is 38.7. The zero-order valence-electron chi connectivity index (χ0n) is 28.7. The lowest BCUT2D eigenvalue weighted by Crippen LogP contribution is -2.52. The van der Waals surface area contributed by atoms with E-state index >= 15 is 4.39 Å². The molecule has 280 valence electrons. The summed E-state index contributed by atoms with van der Waals surface area (Å²) in [6.45, 7) is -0.314. The summed E-state index contributed by atoms with van der Waals surface area (Å²) >= 11 is 0. The number of aromatic nitrogens is 2. The van der Waals surface area contributed by atoms with Gasteiger partial charge in [-0.2, -0.15) is 0 Å². The molecule has 0 aliphatic carbocycles. The van der Waals surface area contributed by atoms with Crippen molar-refractivity contribution in [2.24, 2.45) is 0 Å². The first-order chi connectivity index (χ1) is 25.8. The van der Waals surface area contributed by atoms with Crippen molar-refractivity contribution in [3.8, 4) is 11.4 Å². The van der Waals surface area contributed by atoms with E-state index in [0.29, 0.717) is 27.9 Å². The smallest absolute Gasteiger partial charge is 0.405 e. The van der Waals surface area contributed by atoms with Gasteiger partial charge in [-0.15, -0.1) is 0 Å². The van der Waals surface area contributed by atoms with Gasteiger partial charge in [0.1, 0.15) is 18.5 Å². The van der Waals surface area contributed by atoms with Crippen LogP contribution in [0.2, 0.25) is 0 Å². The number of hydrogen-bond acceptors (Lipinski definition) is 10. The summed E-state index contributed by atoms with van der Waals surface area (Å²) in [6, 6.07) is 13.2. The van der Waals surface area contributed by atoms with E-state index in [-0.39, 0.29) is 48.3 Å². The number of pyridine rings is 2. The van der Waals surface area contributed by atoms with E-state index in [4.69, 9.17) is 9.84 Å². The second-order valence-corrected chi connectivity index (χ2v) is 12.6. The van der Waals surface area contributed by atoms with E-state index in [1.54, 1.807) is 49.4 Å². The number of hydrogen-bond donors (Lipinski definition) is 7. The molecule has 7 N–H and O–H groups in total. The monoisotopic (exact) mass is 743 g/mol. The summed E-state index contributed by atoms with van der Waals surface area (Å²) in [5.74, 6) is -4.75. The van der Waals surface area contributed by atoms with Crippen LogP contribution in [-0.4, -0.2) is 81.1 Å². The van der Waals surface area contributed by atoms with Crippen molar-refractivity contribution in [1.82, 2.24) is 30.8 Å². The van der Waals surface area contributed by atoms with E-state index in [2.05, 4.69) is 26.3 Å². The molecule has 54 heavy (non-hydrogen) atoms. The van der Waals surface area contributed by atoms with Crippen molar-refractivity contribution < 1.29 is 48.1 Å². The molecule has 2 atom stereocenters. The number of cyclic esters (lactones) is 1. The highest BCUT2D eigenvalue weighted by molar-refractivity contribution is 5.98. The number of esters is 1. The number of nitrogens with one attached hydrogen (secondary N) is 5. The largest absolute Gasteiger partial charge is 0.465 e. The molecule has 1 unspecified atom stereocenters. The topological polar surface area (TPSA) is 247 Å². The van der Waals surface area contributed by atoms with Gasteiger partial charge in [0.05, 0.1) is 54.3 Å². The van der Waals surface area contributed by atoms with E-state index in [9.17, 15) is 38.7 Å². The van der Waals surface area contributed by atoms with E-state index < -0.39 is 78.3 Å². The average molecular weight is 744 g/mol. The first kappa shape index (κ1) is 37.1. The predicted octanol–water partition coefficient (Wildman–Crippen LogP) is 0.385. The molecule has 18 heteroatoms. The van der Waals surface area contributed by atoms with Crippen molar-refractivity contribution in [1.29, 1.82) is 0 Å². The van der Waals surface area contributed by atoms with Gasteiger partial charge < -0.3 is 46.1 Å². The SMILES string of the molecule is CC[C@@]1(O)C(=O)OCc2c1cc1n(c2=O)Cc2cc3cc(NC(=O)CNC(=O)C(Cc4ccccc4)NC(=O)CNC(=O)CNC(=O)O)c(F)cc3nc2-1. The van der Waals surface area contributed by atoms with Crippen molar-refractivity contribution in [3.05, 3.63) is 93.0 Å². The summed E-state index contributed by atoms with van der Waals surface area (Å²) in [7, 11) is 0. The number of halogens is 1. The van der Waals surface area contributed by atoms with Crippen LogP contribution in [0.1, 0.15) is 35.6 Å². The lowest BCUT2D eigenvalue weighted by molar-refractivity contribution is -0.172. The standard InChI is InChI=1S/C36H34FN7O10/c1-2-36(53)22-11-27-31-20(16-44(27)33(49)21(22)17-54-34(36)50)9-19-10-25(23(37)12-24(19)43-31)41-30(47)15-39-32(48)26(8-18-6-4-3-5-7-18)42-29(46)14-38-28(45)13-40-35(51)52/h3-7,9-12,26,40,53H,2,8,13-17H2,1H3,(H,38,45)(H,39,48)(H,41,47)(H,42,46)(H,51,52)/t26?,36-/m0/s1. The highest BCUT2D eigenvalue weighted by Gasteiger charge is 2.45. The second kappa shape index (κ2) is 15.1. The van der Waals surface area contributed by atoms with Crippen LogP contribution in [0.4, 0.5) is 14.9 Å². The number of benzene rings is 2. The molecule has 0 spiro atoms. The van der Waals surface area contributed by atoms with Crippen molar-refractivity contribution in [3.63, 3.8) is 0 Å². The minimum Gasteiger partial charge on any atom is -0.465 e. The summed E-state index contributed by atoms with van der Waals surface area (Å²) in [5.41, 5.74) is -0.149. The first-order valence-electron chi connectivity index (χ1n) is 16.7. The minimum absolute atomic E-state index is 0.0219. The Balaban J connectivity index is 1.14. The van der Waals surface area contributed by atoms with Gasteiger partial charge in [0.2, 0.25) is 23.6 Å². The maximum Gasteiger partial charge on any atom is 0.405 e. The Hall–Kier alpha value is -6.69. The number of aliphatic hydroxyl groups is 1. The average Bonchev–Trinajstić information content (AvgIpc) is 3.51. The van der Waals surface area contributed by atoms with Gasteiger partial charge in [-0.05, 0) is 30.2 Å². The lowest BCUT2D eigenvalue weighted by Gasteiger charge is -2.31. The predicted molar refractivity (Wildman–Crippen MR) is 187 cm³/mol. The van der Waals surface area contributed by atoms with Gasteiger partial charge in [-0.3, -0.25) is 24.0 Å². The van der Waals surface area contributed by atoms with Crippen LogP contribution in [0.25, 0.3) is 22.3 Å². The van der Waals surface area contributed by atoms with Crippen LogP contribution < -0.4 is 32.1 Å². The molecule has 0 saturated heterocycles. The van der Waals surface area contributed by atoms with E-state index in [1.807, 2.05) is 5.32 Å². The van der Waals surface area contributed by atoms with Crippen LogP contribution in [0.15, 0.2) is 59.4 Å². The number of amides is 5. The molecule has 4 aromatic rings. The van der Waals surface area contributed by atoms with Crippen LogP contribution in [0.3, 0.4) is 0 Å². The Morgan fingerprint density at radius 1 is 0.963 bits per heavy atom. The summed E-state index contributed by atoms with van der Waals surface area (Å²) < 4.78 is 21.9. The van der Waals surface area contributed by atoms with Gasteiger partial charge in [-0.25, -0.2) is 19.0 Å². The number of carboxylic acid groups (broad SMARTS) is 1. The molecule has 5 amide bonds. The molecule has 0 fully saturated rings. The Morgan fingerprint density at radius 3 is 2.41 bits per heavy atom. The fourth-order valence-electron chi connectivity index (χ4n) is 6.29. The van der Waals surface area contributed by atoms with E-state index in [1.165, 1.54) is 10.6 Å². The minimum atomic E-state index is -2.00. The molecule has 2 aliphatic rings. The van der Waals surface area contributed by atoms with Crippen molar-refractivity contribution in [2.45, 2.75) is 44.6 Å². The van der Waals surface area contributed by atoms with E-state index in [0.717, 1.165) is 6.07 Å². The van der Waals surface area contributed by atoms with Crippen LogP contribution in [0.5, 0.6) is 0 Å². The maximum absolute atomic E-state index is 15.3. The fraction of sp³-hybridized carbons (Fsp3) is 0.278. The third-order valence-corrected chi connectivity index (χ3v) is 9.07. The Labute approximate surface area is 304 Å². The number of ether oxygens (including phenoxy) is 1. The zero-order valence-corrected chi connectivity index (χ0v) is 28.7. The summed E-state index contributed by atoms with van der Waals surface area (Å²) in [6.07, 6.45) is -1.42. The summed E-state index contributed by atoms with van der Waals surface area (Å²) in [4.78, 5) is 91.4. The normalized spacial score (nSPS) is 15.9. The molecular formula is C36H34FN7O10. The molecule has 6 rings (SSSR count). The molecular weight excluding hydrogens is 709 g/mol. The molecule has 0 bridgehead atoms. The van der Waals surface area contributed by atoms with Gasteiger partial charge in [0.25, 0.3) is 5.56 Å². The van der Waals surface area contributed by atoms with Gasteiger partial charge in [0, 0.05) is 29.0 Å². The highest BCUT2D eigenvalue weighted by Crippen LogP contribution is 2.39. The van der Waals surface area contributed by atoms with Gasteiger partial charge in [-0.1, -0.05) is 37.3 Å². The fourth-order valence-corrected chi connectivity index (χ4v) is 6.29. The maximum atomic E-state index is 15.3. The van der Waals surface area contributed by atoms with Crippen LogP contribution >= 0.6 is 0 Å². The quantitative estimate of drug-likeness (QED) is 0.0862. The Morgan fingerprint density at radius 2 is 1.69 bits per heavy atom. The Kier molecular flexibility index (Phi) is 10.4. The summed E-state index contributed by atoms with van der Waals surface area (Å²) in [5, 5.41) is 31.5. The lowest BCUT2D eigenvalue weighted by atomic mass is 9.86. The van der Waals surface area contributed by atoms with Gasteiger partial charge in [0.15, 0.2) is 5.60 Å². The van der Waals surface area contributed by atoms with Crippen LogP contribution in [0, 0.1) is 5.82 Å². The molecule has 0 saturated carbocycles. The highest BCUT2D eigenvalue weighted by atomic mass is 19.1. The number of carbonyl (C=O) groups excluding carboxylic acids is 5. The number of carbonyl (C=O) groups is 6. The number of anilines is 1. The van der Waals surface area contributed by atoms with Crippen molar-refractivity contribution in [2.75, 3.05) is 25.0 Å². The third kappa shape index (κ3) is 7.58. The van der Waals surface area contributed by atoms with Crippen molar-refractivity contribution >= 4 is 52.3 Å². The Bertz CT molecular complexity index is 2280. The molecule has 0 radical (unpaired) electrons.